The number of aliphatic hydroxyl groups excluding tert-OH is 1. The molecule has 0 bridgehead atoms. The van der Waals surface area contributed by atoms with Gasteiger partial charge < -0.3 is 21.1 Å². The number of primary amides is 1. The zero-order valence-corrected chi connectivity index (χ0v) is 13.1. The minimum atomic E-state index is -0.719. The number of hydrogen-bond donors (Lipinski definition) is 3. The van der Waals surface area contributed by atoms with E-state index in [9.17, 15) is 14.7 Å². The first-order chi connectivity index (χ1) is 11.6. The van der Waals surface area contributed by atoms with Crippen molar-refractivity contribution < 1.29 is 14.7 Å². The van der Waals surface area contributed by atoms with E-state index < -0.39 is 12.1 Å². The Morgan fingerprint density at radius 2 is 1.96 bits per heavy atom. The largest absolute Gasteiger partial charge is 0.392 e. The monoisotopic (exact) mass is 325 g/mol. The molecule has 1 aliphatic rings. The third-order valence-corrected chi connectivity index (χ3v) is 4.11. The zero-order valence-electron chi connectivity index (χ0n) is 13.1. The van der Waals surface area contributed by atoms with E-state index in [1.807, 2.05) is 48.5 Å². The van der Waals surface area contributed by atoms with Crippen LogP contribution in [0.25, 0.3) is 0 Å². The molecule has 2 aromatic rings. The van der Waals surface area contributed by atoms with Gasteiger partial charge in [-0.1, -0.05) is 42.5 Å². The summed E-state index contributed by atoms with van der Waals surface area (Å²) in [6.45, 7) is 0.294. The van der Waals surface area contributed by atoms with Crippen molar-refractivity contribution in [3.05, 3.63) is 65.2 Å². The highest BCUT2D eigenvalue weighted by atomic mass is 16.3. The van der Waals surface area contributed by atoms with Crippen LogP contribution in [0.1, 0.15) is 16.7 Å². The molecule has 3 rings (SSSR count). The van der Waals surface area contributed by atoms with Crippen molar-refractivity contribution in [3.8, 4) is 0 Å². The molecule has 6 heteroatoms. The number of carbonyl (C=O) groups is 2. The summed E-state index contributed by atoms with van der Waals surface area (Å²) in [5, 5.41) is 11.9. The summed E-state index contributed by atoms with van der Waals surface area (Å²) >= 11 is 0. The molecule has 4 N–H and O–H groups in total. The quantitative estimate of drug-likeness (QED) is 0.791. The molecule has 0 spiro atoms. The molecule has 1 atom stereocenters. The number of anilines is 1. The van der Waals surface area contributed by atoms with Gasteiger partial charge >= 0.3 is 6.03 Å². The lowest BCUT2D eigenvalue weighted by Crippen LogP contribution is -2.53. The van der Waals surface area contributed by atoms with Gasteiger partial charge in [-0.15, -0.1) is 0 Å². The molecule has 0 unspecified atom stereocenters. The summed E-state index contributed by atoms with van der Waals surface area (Å²) in [6.07, 6.45) is 0.383. The lowest BCUT2D eigenvalue weighted by atomic mass is 9.95. The van der Waals surface area contributed by atoms with Crippen LogP contribution in [0.2, 0.25) is 0 Å². The molecule has 1 aliphatic heterocycles. The number of nitrogens with two attached hydrogens (primary N) is 1. The number of rotatable bonds is 4. The summed E-state index contributed by atoms with van der Waals surface area (Å²) in [5.41, 5.74) is 8.60. The Hall–Kier alpha value is -2.86. The topological polar surface area (TPSA) is 95.7 Å². The first-order valence-electron chi connectivity index (χ1n) is 7.72. The van der Waals surface area contributed by atoms with Crippen molar-refractivity contribution in [3.63, 3.8) is 0 Å². The predicted octanol–water partition coefficient (Wildman–Crippen LogP) is 1.31. The molecule has 24 heavy (non-hydrogen) atoms. The van der Waals surface area contributed by atoms with Crippen LogP contribution >= 0.6 is 0 Å². The van der Waals surface area contributed by atoms with E-state index in [4.69, 9.17) is 5.73 Å². The van der Waals surface area contributed by atoms with Crippen LogP contribution in [0.3, 0.4) is 0 Å². The van der Waals surface area contributed by atoms with Gasteiger partial charge in [0.05, 0.1) is 13.2 Å². The number of nitrogens with zero attached hydrogens (tertiary/aromatic N) is 1. The van der Waals surface area contributed by atoms with Crippen LogP contribution in [0, 0.1) is 0 Å². The Kier molecular flexibility index (Phi) is 4.48. The summed E-state index contributed by atoms with van der Waals surface area (Å²) in [4.78, 5) is 25.7. The van der Waals surface area contributed by atoms with Gasteiger partial charge in [0, 0.05) is 12.1 Å². The second kappa shape index (κ2) is 6.72. The normalized spacial score (nSPS) is 16.6. The van der Waals surface area contributed by atoms with E-state index in [0.717, 1.165) is 22.4 Å². The van der Waals surface area contributed by atoms with Gasteiger partial charge in [-0.25, -0.2) is 4.79 Å². The third-order valence-electron chi connectivity index (χ3n) is 4.11. The van der Waals surface area contributed by atoms with Crippen molar-refractivity contribution in [2.24, 2.45) is 5.73 Å². The van der Waals surface area contributed by atoms with E-state index in [1.54, 1.807) is 4.90 Å². The van der Waals surface area contributed by atoms with Crippen molar-refractivity contribution in [2.45, 2.75) is 25.6 Å². The number of amides is 3. The maximum absolute atomic E-state index is 12.8. The van der Waals surface area contributed by atoms with Crippen molar-refractivity contribution in [1.29, 1.82) is 0 Å². The molecule has 0 aliphatic carbocycles. The molecule has 6 nitrogen and oxygen atoms in total. The van der Waals surface area contributed by atoms with E-state index in [2.05, 4.69) is 5.32 Å². The van der Waals surface area contributed by atoms with Gasteiger partial charge in [-0.2, -0.15) is 0 Å². The Balaban J connectivity index is 1.99. The van der Waals surface area contributed by atoms with Crippen LogP contribution in [0.15, 0.2) is 48.5 Å². The number of fused-ring (bicyclic) bond motifs is 1. The Morgan fingerprint density at radius 3 is 2.62 bits per heavy atom. The number of nitrogens with one attached hydrogen (secondary N) is 1. The number of urea groups is 1. The fourth-order valence-electron chi connectivity index (χ4n) is 2.96. The van der Waals surface area contributed by atoms with E-state index in [1.165, 1.54) is 0 Å². The number of aliphatic hydroxyl groups is 1. The van der Waals surface area contributed by atoms with Gasteiger partial charge in [0.1, 0.15) is 6.04 Å². The lowest BCUT2D eigenvalue weighted by Gasteiger charge is -2.34. The minimum Gasteiger partial charge on any atom is -0.392 e. The van der Waals surface area contributed by atoms with Crippen LogP contribution in [-0.4, -0.2) is 23.1 Å². The average molecular weight is 325 g/mol. The summed E-state index contributed by atoms with van der Waals surface area (Å²) < 4.78 is 0. The summed E-state index contributed by atoms with van der Waals surface area (Å²) in [5.74, 6) is -0.208. The summed E-state index contributed by atoms with van der Waals surface area (Å²) in [7, 11) is 0. The average Bonchev–Trinajstić information content (AvgIpc) is 2.58. The van der Waals surface area contributed by atoms with Crippen LogP contribution in [-0.2, 0) is 24.4 Å². The number of hydrogen-bond acceptors (Lipinski definition) is 3. The molecule has 0 saturated heterocycles. The van der Waals surface area contributed by atoms with E-state index >= 15 is 0 Å². The maximum Gasteiger partial charge on any atom is 0.312 e. The number of carbonyl (C=O) groups excluding carboxylic acids is 2. The van der Waals surface area contributed by atoms with Crippen molar-refractivity contribution in [1.82, 2.24) is 5.32 Å². The number of benzene rings is 2. The molecule has 0 saturated carbocycles. The third kappa shape index (κ3) is 3.23. The fourth-order valence-corrected chi connectivity index (χ4v) is 2.96. The maximum atomic E-state index is 12.8. The van der Waals surface area contributed by atoms with Crippen molar-refractivity contribution in [2.75, 3.05) is 4.90 Å². The SMILES string of the molecule is NC(=O)N[C@@H]1Cc2ccc(CO)cc2N(Cc2ccccc2)C1=O. The second-order valence-electron chi connectivity index (χ2n) is 5.80. The minimum absolute atomic E-state index is 0.0936. The molecule has 1 heterocycles. The molecular formula is C18H19N3O3. The smallest absolute Gasteiger partial charge is 0.312 e. The van der Waals surface area contributed by atoms with Crippen molar-refractivity contribution >= 4 is 17.6 Å². The fraction of sp³-hybridized carbons (Fsp3) is 0.222. The van der Waals surface area contributed by atoms with Gasteiger partial charge in [0.25, 0.3) is 0 Å². The zero-order chi connectivity index (χ0) is 17.1. The van der Waals surface area contributed by atoms with E-state index in [-0.39, 0.29) is 12.5 Å². The van der Waals surface area contributed by atoms with E-state index in [0.29, 0.717) is 13.0 Å². The van der Waals surface area contributed by atoms with Gasteiger partial charge in [-0.05, 0) is 22.8 Å². The van der Waals surface area contributed by atoms with Crippen LogP contribution in [0.4, 0.5) is 10.5 Å². The van der Waals surface area contributed by atoms with Gasteiger partial charge in [-0.3, -0.25) is 4.79 Å². The first kappa shape index (κ1) is 16.0. The van der Waals surface area contributed by atoms with Gasteiger partial charge in [0.2, 0.25) is 5.91 Å². The highest BCUT2D eigenvalue weighted by molar-refractivity contribution is 6.01. The van der Waals surface area contributed by atoms with Gasteiger partial charge in [0.15, 0.2) is 0 Å². The van der Waals surface area contributed by atoms with Crippen LogP contribution < -0.4 is 16.0 Å². The Bertz CT molecular complexity index is 761. The molecule has 2 aromatic carbocycles. The Labute approximate surface area is 139 Å². The molecule has 3 amide bonds. The first-order valence-corrected chi connectivity index (χ1v) is 7.72. The second-order valence-corrected chi connectivity index (χ2v) is 5.80. The highest BCUT2D eigenvalue weighted by Gasteiger charge is 2.33. The standard InChI is InChI=1S/C18H19N3O3/c19-18(24)20-15-9-14-7-6-13(11-22)8-16(14)21(17(15)23)10-12-4-2-1-3-5-12/h1-8,15,22H,9-11H2,(H3,19,20,24)/t15-/m1/s1. The highest BCUT2D eigenvalue weighted by Crippen LogP contribution is 2.30. The molecule has 0 fully saturated rings. The molecule has 0 aromatic heterocycles. The lowest BCUT2D eigenvalue weighted by molar-refractivity contribution is -0.120. The predicted molar refractivity (Wildman–Crippen MR) is 90.2 cm³/mol. The molecule has 124 valence electrons. The Morgan fingerprint density at radius 1 is 1.21 bits per heavy atom. The summed E-state index contributed by atoms with van der Waals surface area (Å²) in [6, 6.07) is 13.7. The van der Waals surface area contributed by atoms with Crippen LogP contribution in [0.5, 0.6) is 0 Å². The molecule has 0 radical (unpaired) electrons. The molecular weight excluding hydrogens is 306 g/mol.